The highest BCUT2D eigenvalue weighted by Gasteiger charge is 2.35. The first-order valence-electron chi connectivity index (χ1n) is 4.76. The molecule has 2 fully saturated rings. The highest BCUT2D eigenvalue weighted by molar-refractivity contribution is 5.81. The van der Waals surface area contributed by atoms with Gasteiger partial charge in [-0.25, -0.2) is 0 Å². The Morgan fingerprint density at radius 3 is 2.67 bits per heavy atom. The average Bonchev–Trinajstić information content (AvgIpc) is 2.79. The number of hydrogen-bond donors (Lipinski definition) is 1. The van der Waals surface area contributed by atoms with Gasteiger partial charge in [-0.1, -0.05) is 0 Å². The Balaban J connectivity index is 1.88. The fourth-order valence-electron chi connectivity index (χ4n) is 1.77. The molecule has 0 aromatic carbocycles. The third-order valence-electron chi connectivity index (χ3n) is 2.86. The van der Waals surface area contributed by atoms with Crippen LogP contribution in [0.2, 0.25) is 0 Å². The van der Waals surface area contributed by atoms with E-state index in [-0.39, 0.29) is 0 Å². The molecule has 0 aromatic rings. The summed E-state index contributed by atoms with van der Waals surface area (Å²) in [5.41, 5.74) is 0. The van der Waals surface area contributed by atoms with E-state index in [0.29, 0.717) is 17.9 Å². The van der Waals surface area contributed by atoms with Gasteiger partial charge in [0.1, 0.15) is 0 Å². The summed E-state index contributed by atoms with van der Waals surface area (Å²) in [6, 6.07) is 0.457. The molecule has 1 saturated carbocycles. The van der Waals surface area contributed by atoms with E-state index in [1.807, 2.05) is 11.9 Å². The maximum Gasteiger partial charge on any atom is 0.225 e. The van der Waals surface area contributed by atoms with E-state index >= 15 is 0 Å². The number of hydrogen-bond acceptors (Lipinski definition) is 2. The fourth-order valence-corrected chi connectivity index (χ4v) is 1.77. The minimum Gasteiger partial charge on any atom is -0.341 e. The van der Waals surface area contributed by atoms with Crippen molar-refractivity contribution in [1.82, 2.24) is 10.2 Å². The van der Waals surface area contributed by atoms with Gasteiger partial charge < -0.3 is 10.2 Å². The van der Waals surface area contributed by atoms with Crippen molar-refractivity contribution < 1.29 is 4.79 Å². The highest BCUT2D eigenvalue weighted by atomic mass is 16.2. The second kappa shape index (κ2) is 3.05. The summed E-state index contributed by atoms with van der Waals surface area (Å²) >= 11 is 0. The lowest BCUT2D eigenvalue weighted by Crippen LogP contribution is -2.39. The third-order valence-corrected chi connectivity index (χ3v) is 2.86. The molecule has 0 spiro atoms. The minimum absolute atomic E-state index is 0.365. The highest BCUT2D eigenvalue weighted by Crippen LogP contribution is 2.31. The Morgan fingerprint density at radius 1 is 1.42 bits per heavy atom. The molecule has 2 aliphatic rings. The van der Waals surface area contributed by atoms with Crippen molar-refractivity contribution >= 4 is 5.91 Å². The first-order valence-corrected chi connectivity index (χ1v) is 4.76. The summed E-state index contributed by atoms with van der Waals surface area (Å²) < 4.78 is 0. The van der Waals surface area contributed by atoms with Crippen LogP contribution in [0.3, 0.4) is 0 Å². The van der Waals surface area contributed by atoms with Crippen molar-refractivity contribution in [1.29, 1.82) is 0 Å². The average molecular weight is 168 g/mol. The van der Waals surface area contributed by atoms with Crippen LogP contribution in [-0.4, -0.2) is 37.0 Å². The molecule has 3 heteroatoms. The summed E-state index contributed by atoms with van der Waals surface area (Å²) in [6.07, 6.45) is 3.35. The second-order valence-electron chi connectivity index (χ2n) is 3.87. The van der Waals surface area contributed by atoms with Gasteiger partial charge in [0.25, 0.3) is 0 Å². The van der Waals surface area contributed by atoms with Gasteiger partial charge in [0, 0.05) is 25.6 Å². The molecular weight excluding hydrogens is 152 g/mol. The van der Waals surface area contributed by atoms with Crippen LogP contribution in [-0.2, 0) is 4.79 Å². The molecule has 1 N–H and O–H groups in total. The van der Waals surface area contributed by atoms with Crippen molar-refractivity contribution in [2.24, 2.45) is 5.92 Å². The molecule has 0 radical (unpaired) electrons. The van der Waals surface area contributed by atoms with Gasteiger partial charge in [-0.3, -0.25) is 4.79 Å². The summed E-state index contributed by atoms with van der Waals surface area (Å²) in [4.78, 5) is 13.5. The Morgan fingerprint density at radius 2 is 2.17 bits per heavy atom. The van der Waals surface area contributed by atoms with Crippen molar-refractivity contribution in [3.8, 4) is 0 Å². The summed E-state index contributed by atoms with van der Waals surface area (Å²) in [5.74, 6) is 0.735. The van der Waals surface area contributed by atoms with Crippen molar-refractivity contribution in [3.63, 3.8) is 0 Å². The number of rotatable bonds is 2. The van der Waals surface area contributed by atoms with Gasteiger partial charge in [0.05, 0.1) is 0 Å². The number of nitrogens with one attached hydrogen (secondary N) is 1. The molecule has 1 unspecified atom stereocenters. The monoisotopic (exact) mass is 168 g/mol. The van der Waals surface area contributed by atoms with Crippen LogP contribution < -0.4 is 5.32 Å². The largest absolute Gasteiger partial charge is 0.341 e. The van der Waals surface area contributed by atoms with Gasteiger partial charge in [-0.15, -0.1) is 0 Å². The third kappa shape index (κ3) is 1.46. The Bertz CT molecular complexity index is 183. The van der Waals surface area contributed by atoms with E-state index < -0.39 is 0 Å². The lowest BCUT2D eigenvalue weighted by atomic mass is 10.2. The molecule has 2 rings (SSSR count). The molecular formula is C9H16N2O. The molecule has 0 aromatic heterocycles. The summed E-state index contributed by atoms with van der Waals surface area (Å²) in [6.45, 7) is 2.04. The van der Waals surface area contributed by atoms with Crippen LogP contribution in [0.4, 0.5) is 0 Å². The van der Waals surface area contributed by atoms with Crippen LogP contribution in [0.15, 0.2) is 0 Å². The zero-order chi connectivity index (χ0) is 8.55. The molecule has 0 bridgehead atoms. The van der Waals surface area contributed by atoms with Crippen molar-refractivity contribution in [3.05, 3.63) is 0 Å². The lowest BCUT2D eigenvalue weighted by Gasteiger charge is -2.23. The minimum atomic E-state index is 0.365. The van der Waals surface area contributed by atoms with Crippen LogP contribution in [0.5, 0.6) is 0 Å². The maximum absolute atomic E-state index is 11.6. The number of likely N-dealkylation sites (N-methyl/N-ethyl adjacent to an activating group) is 1. The lowest BCUT2D eigenvalue weighted by molar-refractivity contribution is -0.132. The molecule has 1 heterocycles. The molecule has 1 atom stereocenters. The molecule has 1 aliphatic carbocycles. The summed E-state index contributed by atoms with van der Waals surface area (Å²) in [7, 11) is 1.94. The number of carbonyl (C=O) groups excluding carboxylic acids is 1. The van der Waals surface area contributed by atoms with Crippen LogP contribution in [0.25, 0.3) is 0 Å². The second-order valence-corrected chi connectivity index (χ2v) is 3.87. The molecule has 1 saturated heterocycles. The zero-order valence-corrected chi connectivity index (χ0v) is 7.55. The van der Waals surface area contributed by atoms with Crippen molar-refractivity contribution in [2.45, 2.75) is 25.3 Å². The van der Waals surface area contributed by atoms with Crippen LogP contribution in [0, 0.1) is 5.92 Å². The smallest absolute Gasteiger partial charge is 0.225 e. The predicted molar refractivity (Wildman–Crippen MR) is 46.8 cm³/mol. The normalized spacial score (nSPS) is 28.9. The topological polar surface area (TPSA) is 32.3 Å². The molecule has 3 nitrogen and oxygen atoms in total. The summed E-state index contributed by atoms with van der Waals surface area (Å²) in [5, 5.41) is 3.27. The van der Waals surface area contributed by atoms with Gasteiger partial charge in [-0.2, -0.15) is 0 Å². The van der Waals surface area contributed by atoms with E-state index in [9.17, 15) is 4.79 Å². The van der Waals surface area contributed by atoms with Gasteiger partial charge in [0.15, 0.2) is 0 Å². The Hall–Kier alpha value is -0.570. The van der Waals surface area contributed by atoms with Crippen LogP contribution in [0.1, 0.15) is 19.3 Å². The van der Waals surface area contributed by atoms with E-state index in [2.05, 4.69) is 5.32 Å². The first-order chi connectivity index (χ1) is 5.79. The predicted octanol–water partition coefficient (Wildman–Crippen LogP) is 0.217. The first kappa shape index (κ1) is 8.05. The van der Waals surface area contributed by atoms with Gasteiger partial charge in [-0.05, 0) is 25.8 Å². The van der Waals surface area contributed by atoms with Gasteiger partial charge >= 0.3 is 0 Å². The van der Waals surface area contributed by atoms with Gasteiger partial charge in [0.2, 0.25) is 5.91 Å². The zero-order valence-electron chi connectivity index (χ0n) is 7.55. The van der Waals surface area contributed by atoms with Crippen LogP contribution >= 0.6 is 0 Å². The van der Waals surface area contributed by atoms with E-state index in [1.165, 1.54) is 0 Å². The molecule has 1 aliphatic heterocycles. The number of carbonyl (C=O) groups is 1. The number of nitrogens with zero attached hydrogens (tertiary/aromatic N) is 1. The quantitative estimate of drug-likeness (QED) is 0.639. The standard InChI is InChI=1S/C9H16N2O/c1-11(8-4-5-10-6-8)9(12)7-2-3-7/h7-8,10H,2-6H2,1H3. The number of amides is 1. The molecule has 12 heavy (non-hydrogen) atoms. The van der Waals surface area contributed by atoms with E-state index in [4.69, 9.17) is 0 Å². The van der Waals surface area contributed by atoms with E-state index in [0.717, 1.165) is 32.4 Å². The Labute approximate surface area is 73.1 Å². The SMILES string of the molecule is CN(C(=O)C1CC1)C1CCNC1. The fraction of sp³-hybridized carbons (Fsp3) is 0.889. The molecule has 1 amide bonds. The van der Waals surface area contributed by atoms with Crippen molar-refractivity contribution in [2.75, 3.05) is 20.1 Å². The van der Waals surface area contributed by atoms with E-state index in [1.54, 1.807) is 0 Å². The molecule has 68 valence electrons. The Kier molecular flexibility index (Phi) is 2.05. The maximum atomic E-state index is 11.6.